The van der Waals surface area contributed by atoms with Crippen molar-refractivity contribution < 1.29 is 13.2 Å². The number of carbonyl (C=O) groups excluding carboxylic acids is 1. The maximum absolute atomic E-state index is 13.1. The van der Waals surface area contributed by atoms with Gasteiger partial charge in [-0.05, 0) is 29.5 Å². The molecule has 1 saturated heterocycles. The maximum atomic E-state index is 13.1. The van der Waals surface area contributed by atoms with E-state index in [0.29, 0.717) is 19.5 Å². The topological polar surface area (TPSA) is 66.5 Å². The van der Waals surface area contributed by atoms with Crippen LogP contribution in [-0.4, -0.2) is 44.6 Å². The molecule has 1 N–H and O–H groups in total. The number of sulfonamides is 1. The van der Waals surface area contributed by atoms with E-state index >= 15 is 0 Å². The number of hydrogen-bond acceptors (Lipinski definition) is 3. The molecule has 2 fully saturated rings. The minimum Gasteiger partial charge on any atom is -0.341 e. The van der Waals surface area contributed by atoms with Gasteiger partial charge < -0.3 is 4.90 Å². The minimum atomic E-state index is -3.25. The Hall–Kier alpha value is -2.18. The van der Waals surface area contributed by atoms with Gasteiger partial charge in [0.1, 0.15) is 0 Å². The lowest BCUT2D eigenvalue weighted by Gasteiger charge is -2.21. The second-order valence-corrected chi connectivity index (χ2v) is 10.0. The molecule has 1 amide bonds. The summed E-state index contributed by atoms with van der Waals surface area (Å²) in [4.78, 5) is 14.9. The third-order valence-corrected chi connectivity index (χ3v) is 6.80. The summed E-state index contributed by atoms with van der Waals surface area (Å²) in [5, 5.41) is 0. The fraction of sp³-hybridized carbons (Fsp3) is 0.409. The third kappa shape index (κ3) is 3.71. The van der Waals surface area contributed by atoms with Crippen molar-refractivity contribution >= 4 is 15.9 Å². The molecule has 3 atom stereocenters. The Labute approximate surface area is 166 Å². The molecule has 148 valence electrons. The van der Waals surface area contributed by atoms with Crippen molar-refractivity contribution in [1.82, 2.24) is 9.62 Å². The molecule has 2 aliphatic rings. The Bertz CT molecular complexity index is 990. The number of amides is 1. The van der Waals surface area contributed by atoms with Gasteiger partial charge in [0.05, 0.1) is 6.26 Å². The summed E-state index contributed by atoms with van der Waals surface area (Å²) in [5.41, 5.74) is 3.38. The largest absolute Gasteiger partial charge is 0.341 e. The maximum Gasteiger partial charge on any atom is 0.226 e. The van der Waals surface area contributed by atoms with Gasteiger partial charge in [0.25, 0.3) is 0 Å². The van der Waals surface area contributed by atoms with E-state index in [1.807, 2.05) is 35.2 Å². The van der Waals surface area contributed by atoms with Crippen LogP contribution in [0.25, 0.3) is 11.1 Å². The zero-order chi connectivity index (χ0) is 19.9. The molecule has 0 aromatic heterocycles. The predicted molar refractivity (Wildman–Crippen MR) is 110 cm³/mol. The Kier molecular flexibility index (Phi) is 4.79. The molecular weight excluding hydrogens is 372 g/mol. The molecule has 0 spiro atoms. The third-order valence-electron chi connectivity index (χ3n) is 6.04. The van der Waals surface area contributed by atoms with Gasteiger partial charge >= 0.3 is 0 Å². The number of hydrogen-bond donors (Lipinski definition) is 1. The highest BCUT2D eigenvalue weighted by atomic mass is 32.2. The molecule has 2 aromatic carbocycles. The van der Waals surface area contributed by atoms with Crippen LogP contribution in [-0.2, 0) is 20.2 Å². The van der Waals surface area contributed by atoms with Crippen molar-refractivity contribution in [2.45, 2.75) is 31.2 Å². The first-order chi connectivity index (χ1) is 13.3. The lowest BCUT2D eigenvalue weighted by atomic mass is 9.87. The highest BCUT2D eigenvalue weighted by molar-refractivity contribution is 7.88. The van der Waals surface area contributed by atoms with Crippen molar-refractivity contribution in [2.75, 3.05) is 19.3 Å². The Morgan fingerprint density at radius 1 is 1.11 bits per heavy atom. The highest BCUT2D eigenvalue weighted by Gasteiger charge is 2.57. The Morgan fingerprint density at radius 2 is 1.79 bits per heavy atom. The first-order valence-electron chi connectivity index (χ1n) is 9.69. The van der Waals surface area contributed by atoms with Gasteiger partial charge in [-0.15, -0.1) is 0 Å². The summed E-state index contributed by atoms with van der Waals surface area (Å²) in [5.74, 6) is 0.0949. The van der Waals surface area contributed by atoms with Crippen molar-refractivity contribution in [3.8, 4) is 11.1 Å². The van der Waals surface area contributed by atoms with Gasteiger partial charge in [0.15, 0.2) is 0 Å². The van der Waals surface area contributed by atoms with E-state index in [1.54, 1.807) is 0 Å². The highest BCUT2D eigenvalue weighted by Crippen LogP contribution is 2.57. The van der Waals surface area contributed by atoms with Gasteiger partial charge in [0, 0.05) is 30.5 Å². The lowest BCUT2D eigenvalue weighted by Crippen LogP contribution is -2.38. The summed E-state index contributed by atoms with van der Waals surface area (Å²) < 4.78 is 25.5. The average Bonchev–Trinajstić information content (AvgIpc) is 3.15. The van der Waals surface area contributed by atoms with Crippen molar-refractivity contribution in [3.63, 3.8) is 0 Å². The number of nitrogens with one attached hydrogen (secondary N) is 1. The molecule has 5 nitrogen and oxygen atoms in total. The molecule has 1 heterocycles. The summed E-state index contributed by atoms with van der Waals surface area (Å²) in [6.07, 6.45) is 2.66. The molecule has 1 saturated carbocycles. The van der Waals surface area contributed by atoms with Crippen LogP contribution < -0.4 is 4.72 Å². The van der Waals surface area contributed by atoms with Gasteiger partial charge in [0.2, 0.25) is 15.9 Å². The molecule has 1 aliphatic heterocycles. The van der Waals surface area contributed by atoms with Crippen molar-refractivity contribution in [1.29, 1.82) is 0 Å². The van der Waals surface area contributed by atoms with Gasteiger partial charge in [-0.3, -0.25) is 4.79 Å². The van der Waals surface area contributed by atoms with Gasteiger partial charge in [-0.2, -0.15) is 0 Å². The second kappa shape index (κ2) is 7.01. The average molecular weight is 399 g/mol. The van der Waals surface area contributed by atoms with Crippen LogP contribution in [0.2, 0.25) is 0 Å². The van der Waals surface area contributed by atoms with E-state index in [9.17, 15) is 13.2 Å². The Balaban J connectivity index is 1.52. The summed E-state index contributed by atoms with van der Waals surface area (Å²) in [7, 11) is -3.25. The molecule has 0 bridgehead atoms. The van der Waals surface area contributed by atoms with E-state index in [0.717, 1.165) is 18.2 Å². The number of rotatable bonds is 5. The second-order valence-electron chi connectivity index (χ2n) is 8.25. The summed E-state index contributed by atoms with van der Waals surface area (Å²) >= 11 is 0. The quantitative estimate of drug-likeness (QED) is 0.842. The molecule has 1 aliphatic carbocycles. The van der Waals surface area contributed by atoms with E-state index < -0.39 is 10.0 Å². The van der Waals surface area contributed by atoms with Crippen LogP contribution in [0.4, 0.5) is 0 Å². The number of likely N-dealkylation sites (tertiary alicyclic amines) is 1. The summed E-state index contributed by atoms with van der Waals surface area (Å²) in [6, 6.07) is 18.4. The first-order valence-corrected chi connectivity index (χ1v) is 11.6. The van der Waals surface area contributed by atoms with Gasteiger partial charge in [-0.1, -0.05) is 61.5 Å². The Morgan fingerprint density at radius 3 is 2.50 bits per heavy atom. The molecule has 0 radical (unpaired) electrons. The van der Waals surface area contributed by atoms with Crippen molar-refractivity contribution in [3.05, 3.63) is 60.2 Å². The fourth-order valence-electron chi connectivity index (χ4n) is 4.45. The van der Waals surface area contributed by atoms with Crippen LogP contribution >= 0.6 is 0 Å². The molecular formula is C22H26N2O3S. The van der Waals surface area contributed by atoms with Gasteiger partial charge in [-0.25, -0.2) is 13.1 Å². The van der Waals surface area contributed by atoms with E-state index in [-0.39, 0.29) is 23.3 Å². The normalized spacial score (nSPS) is 27.0. The van der Waals surface area contributed by atoms with E-state index in [2.05, 4.69) is 35.9 Å². The fourth-order valence-corrected chi connectivity index (χ4v) is 5.25. The molecule has 28 heavy (non-hydrogen) atoms. The monoisotopic (exact) mass is 398 g/mol. The minimum absolute atomic E-state index is 0.0469. The van der Waals surface area contributed by atoms with E-state index in [4.69, 9.17) is 0 Å². The number of carbonyl (C=O) groups is 1. The number of nitrogens with zero attached hydrogens (tertiary/aromatic N) is 1. The molecule has 6 heteroatoms. The molecule has 2 aromatic rings. The SMILES string of the molecule is C[C@@]1(c2ccccc2-c2ccccc2)C[C@H]1C(=O)N1CC[C@H](NS(C)(=O)=O)C1. The number of benzene rings is 2. The molecule has 0 unspecified atom stereocenters. The summed E-state index contributed by atoms with van der Waals surface area (Å²) in [6.45, 7) is 3.23. The predicted octanol–water partition coefficient (Wildman–Crippen LogP) is 2.78. The van der Waals surface area contributed by atoms with Crippen LogP contribution in [0.5, 0.6) is 0 Å². The van der Waals surface area contributed by atoms with Crippen LogP contribution in [0.15, 0.2) is 54.6 Å². The van der Waals surface area contributed by atoms with Crippen LogP contribution in [0.3, 0.4) is 0 Å². The standard InChI is InChI=1S/C22H26N2O3S/c1-22(19-11-7-6-10-18(19)16-8-4-3-5-9-16)14-20(22)21(25)24-13-12-17(15-24)23-28(2,26)27/h3-11,17,20,23H,12-15H2,1-2H3/t17-,20-,22-/m0/s1. The van der Waals surface area contributed by atoms with E-state index in [1.165, 1.54) is 11.1 Å². The zero-order valence-electron chi connectivity index (χ0n) is 16.3. The van der Waals surface area contributed by atoms with Crippen molar-refractivity contribution in [2.24, 2.45) is 5.92 Å². The molecule has 4 rings (SSSR count). The first kappa shape index (κ1) is 19.2. The van der Waals surface area contributed by atoms with Crippen LogP contribution in [0, 0.1) is 5.92 Å². The lowest BCUT2D eigenvalue weighted by molar-refractivity contribution is -0.132. The zero-order valence-corrected chi connectivity index (χ0v) is 17.1. The van der Waals surface area contributed by atoms with Crippen LogP contribution in [0.1, 0.15) is 25.3 Å². The smallest absolute Gasteiger partial charge is 0.226 e.